The molecule has 0 saturated carbocycles. The molecule has 0 bridgehead atoms. The fourth-order valence-corrected chi connectivity index (χ4v) is 1.69. The van der Waals surface area contributed by atoms with Crippen molar-refractivity contribution in [3.63, 3.8) is 0 Å². The fraction of sp³-hybridized carbons (Fsp3) is 0.0769. The summed E-state index contributed by atoms with van der Waals surface area (Å²) in [5.41, 5.74) is 4.43. The normalized spacial score (nSPS) is 10.0. The molecule has 1 aromatic carbocycles. The lowest BCUT2D eigenvalue weighted by Crippen LogP contribution is -2.28. The van der Waals surface area contributed by atoms with Crippen LogP contribution in [0.25, 0.3) is 0 Å². The zero-order valence-electron chi connectivity index (χ0n) is 11.2. The van der Waals surface area contributed by atoms with Crippen LogP contribution in [0, 0.1) is 5.82 Å². The first kappa shape index (κ1) is 15.2. The van der Waals surface area contributed by atoms with Crippen molar-refractivity contribution in [2.45, 2.75) is 6.54 Å². The van der Waals surface area contributed by atoms with Crippen LogP contribution in [0.4, 0.5) is 20.6 Å². The van der Waals surface area contributed by atoms with Gasteiger partial charge in [0.05, 0.1) is 5.69 Å². The predicted octanol–water partition coefficient (Wildman–Crippen LogP) is 0.512. The number of nitrogens with two attached hydrogens (primary N) is 1. The van der Waals surface area contributed by atoms with E-state index in [9.17, 15) is 18.8 Å². The molecule has 4 N–H and O–H groups in total. The molecule has 0 radical (unpaired) electrons. The van der Waals surface area contributed by atoms with E-state index >= 15 is 0 Å². The number of benzene rings is 1. The number of hydrogen-bond acceptors (Lipinski definition) is 4. The molecule has 114 valence electrons. The maximum atomic E-state index is 13.4. The molecule has 1 aromatic heterocycles. The molecule has 2 rings (SSSR count). The van der Waals surface area contributed by atoms with Crippen molar-refractivity contribution in [3.8, 4) is 0 Å². The Morgan fingerprint density at radius 2 is 2.09 bits per heavy atom. The van der Waals surface area contributed by atoms with Gasteiger partial charge in [-0.2, -0.15) is 0 Å². The van der Waals surface area contributed by atoms with E-state index in [-0.39, 0.29) is 17.9 Å². The number of primary amides is 1. The molecule has 1 heterocycles. The quantitative estimate of drug-likeness (QED) is 0.762. The van der Waals surface area contributed by atoms with Gasteiger partial charge in [0, 0.05) is 18.1 Å². The van der Waals surface area contributed by atoms with Crippen LogP contribution in [0.3, 0.4) is 0 Å². The van der Waals surface area contributed by atoms with Gasteiger partial charge in [-0.1, -0.05) is 0 Å². The lowest BCUT2D eigenvalue weighted by Gasteiger charge is -2.09. The average Bonchev–Trinajstić information content (AvgIpc) is 2.44. The Morgan fingerprint density at radius 3 is 2.77 bits per heavy atom. The Hall–Kier alpha value is -3.23. The lowest BCUT2D eigenvalue weighted by molar-refractivity contribution is -0.116. The molecule has 8 nitrogen and oxygen atoms in total. The maximum Gasteiger partial charge on any atom is 0.347 e. The molecular formula is C13H12FN5O3. The number of nitrogens with zero attached hydrogens (tertiary/aromatic N) is 2. The number of urea groups is 1. The van der Waals surface area contributed by atoms with Crippen LogP contribution >= 0.6 is 0 Å². The number of nitrogens with one attached hydrogen (secondary N) is 2. The van der Waals surface area contributed by atoms with Crippen LogP contribution < -0.4 is 22.1 Å². The van der Waals surface area contributed by atoms with Crippen molar-refractivity contribution in [2.75, 3.05) is 10.6 Å². The number of halogens is 1. The van der Waals surface area contributed by atoms with Crippen molar-refractivity contribution in [3.05, 3.63) is 53.0 Å². The highest BCUT2D eigenvalue weighted by Gasteiger charge is 2.09. The van der Waals surface area contributed by atoms with Gasteiger partial charge >= 0.3 is 11.7 Å². The number of carbonyl (C=O) groups excluding carboxylic acids is 2. The summed E-state index contributed by atoms with van der Waals surface area (Å²) < 4.78 is 14.5. The third-order valence-corrected chi connectivity index (χ3v) is 2.60. The van der Waals surface area contributed by atoms with E-state index in [0.717, 1.165) is 10.6 Å². The number of anilines is 2. The van der Waals surface area contributed by atoms with Gasteiger partial charge in [0.25, 0.3) is 0 Å². The Balaban J connectivity index is 2.10. The van der Waals surface area contributed by atoms with Crippen molar-refractivity contribution in [1.82, 2.24) is 9.55 Å². The molecule has 0 aliphatic rings. The van der Waals surface area contributed by atoms with E-state index in [1.54, 1.807) is 0 Å². The summed E-state index contributed by atoms with van der Waals surface area (Å²) >= 11 is 0. The first-order valence-electron chi connectivity index (χ1n) is 6.13. The van der Waals surface area contributed by atoms with Crippen molar-refractivity contribution < 1.29 is 14.0 Å². The molecule has 0 saturated heterocycles. The van der Waals surface area contributed by atoms with Crippen LogP contribution in [0.2, 0.25) is 0 Å². The molecule has 0 fully saturated rings. The maximum absolute atomic E-state index is 13.4. The smallest absolute Gasteiger partial charge is 0.347 e. The fourth-order valence-electron chi connectivity index (χ4n) is 1.69. The molecule has 0 spiro atoms. The molecule has 0 aliphatic carbocycles. The van der Waals surface area contributed by atoms with E-state index in [1.807, 2.05) is 0 Å². The lowest BCUT2D eigenvalue weighted by atomic mass is 10.2. The first-order valence-corrected chi connectivity index (χ1v) is 6.13. The van der Waals surface area contributed by atoms with Gasteiger partial charge in [-0.3, -0.25) is 9.36 Å². The highest BCUT2D eigenvalue weighted by atomic mass is 19.1. The van der Waals surface area contributed by atoms with Gasteiger partial charge in [-0.25, -0.2) is 19.0 Å². The summed E-state index contributed by atoms with van der Waals surface area (Å²) in [6.45, 7) is -0.247. The van der Waals surface area contributed by atoms with Gasteiger partial charge in [-0.05, 0) is 24.3 Å². The summed E-state index contributed by atoms with van der Waals surface area (Å²) in [5.74, 6) is -1.20. The molecule has 22 heavy (non-hydrogen) atoms. The molecule has 0 atom stereocenters. The summed E-state index contributed by atoms with van der Waals surface area (Å²) in [4.78, 5) is 37.5. The molecule has 3 amide bonds. The molecule has 2 aromatic rings. The number of hydrogen-bond donors (Lipinski definition) is 3. The number of rotatable bonds is 4. The molecular weight excluding hydrogens is 293 g/mol. The van der Waals surface area contributed by atoms with Gasteiger partial charge in [-0.15, -0.1) is 0 Å². The molecule has 9 heteroatoms. The van der Waals surface area contributed by atoms with Crippen LogP contribution in [0.15, 0.2) is 41.5 Å². The summed E-state index contributed by atoms with van der Waals surface area (Å²) in [6.07, 6.45) is 2.73. The van der Waals surface area contributed by atoms with Gasteiger partial charge in [0.2, 0.25) is 5.91 Å². The highest BCUT2D eigenvalue weighted by molar-refractivity contribution is 5.93. The zero-order valence-corrected chi connectivity index (χ0v) is 11.2. The van der Waals surface area contributed by atoms with E-state index in [1.165, 1.54) is 30.6 Å². The zero-order chi connectivity index (χ0) is 16.1. The third-order valence-electron chi connectivity index (χ3n) is 2.60. The number of amides is 3. The van der Waals surface area contributed by atoms with Crippen LogP contribution in [-0.2, 0) is 11.3 Å². The largest absolute Gasteiger partial charge is 0.351 e. The minimum absolute atomic E-state index is 0.163. The van der Waals surface area contributed by atoms with Crippen LogP contribution in [-0.4, -0.2) is 21.5 Å². The average molecular weight is 305 g/mol. The van der Waals surface area contributed by atoms with E-state index in [2.05, 4.69) is 15.6 Å². The standard InChI is InChI=1S/C13H12FN5O3/c14-9-3-2-8(6-10(9)18-12(15)21)17-11(20)7-19-5-1-4-16-13(19)22/h1-6H,7H2,(H,17,20)(H3,15,18,21). The number of carbonyl (C=O) groups is 2. The summed E-state index contributed by atoms with van der Waals surface area (Å²) in [5, 5.41) is 4.57. The number of aromatic nitrogens is 2. The van der Waals surface area contributed by atoms with Gasteiger partial charge in [0.15, 0.2) is 0 Å². The minimum Gasteiger partial charge on any atom is -0.351 e. The monoisotopic (exact) mass is 305 g/mol. The minimum atomic E-state index is -0.927. The Bertz CT molecular complexity index is 774. The molecule has 0 aliphatic heterocycles. The summed E-state index contributed by atoms with van der Waals surface area (Å²) in [7, 11) is 0. The second-order valence-electron chi connectivity index (χ2n) is 4.26. The predicted molar refractivity (Wildman–Crippen MR) is 76.7 cm³/mol. The van der Waals surface area contributed by atoms with E-state index in [4.69, 9.17) is 5.73 Å². The van der Waals surface area contributed by atoms with Crippen LogP contribution in [0.5, 0.6) is 0 Å². The third kappa shape index (κ3) is 3.88. The van der Waals surface area contributed by atoms with E-state index in [0.29, 0.717) is 0 Å². The van der Waals surface area contributed by atoms with E-state index < -0.39 is 23.4 Å². The van der Waals surface area contributed by atoms with Crippen molar-refractivity contribution >= 4 is 23.3 Å². The second kappa shape index (κ2) is 6.48. The van der Waals surface area contributed by atoms with Gasteiger partial charge < -0.3 is 16.4 Å². The second-order valence-corrected chi connectivity index (χ2v) is 4.26. The topological polar surface area (TPSA) is 119 Å². The SMILES string of the molecule is NC(=O)Nc1cc(NC(=O)Cn2cccnc2=O)ccc1F. The highest BCUT2D eigenvalue weighted by Crippen LogP contribution is 2.19. The molecule has 0 unspecified atom stereocenters. The Labute approximate surface area is 123 Å². The summed E-state index contributed by atoms with van der Waals surface area (Å²) in [6, 6.07) is 4.18. The Morgan fingerprint density at radius 1 is 1.32 bits per heavy atom. The van der Waals surface area contributed by atoms with Crippen LogP contribution in [0.1, 0.15) is 0 Å². The van der Waals surface area contributed by atoms with Gasteiger partial charge in [0.1, 0.15) is 12.4 Å². The van der Waals surface area contributed by atoms with Crippen molar-refractivity contribution in [2.24, 2.45) is 5.73 Å². The Kier molecular flexibility index (Phi) is 4.47. The first-order chi connectivity index (χ1) is 10.5. The van der Waals surface area contributed by atoms with Crippen molar-refractivity contribution in [1.29, 1.82) is 0 Å².